The summed E-state index contributed by atoms with van der Waals surface area (Å²) in [7, 11) is 1.41. The van der Waals surface area contributed by atoms with E-state index in [0.717, 1.165) is 5.01 Å². The van der Waals surface area contributed by atoms with E-state index in [4.69, 9.17) is 16.3 Å². The maximum absolute atomic E-state index is 12.6. The van der Waals surface area contributed by atoms with Gasteiger partial charge in [0.2, 0.25) is 0 Å². The molecule has 1 heterocycles. The number of phenolic OH excluding ortho intramolecular Hbond substituents is 1. The number of aromatic hydroxyl groups is 1. The van der Waals surface area contributed by atoms with Gasteiger partial charge < -0.3 is 9.84 Å². The lowest BCUT2D eigenvalue weighted by Gasteiger charge is -2.14. The molecule has 2 amide bonds. The number of benzene rings is 2. The summed E-state index contributed by atoms with van der Waals surface area (Å²) < 4.78 is 5.46. The number of rotatable bonds is 3. The molecule has 2 aromatic carbocycles. The highest BCUT2D eigenvalue weighted by Crippen LogP contribution is 2.36. The van der Waals surface area contributed by atoms with Gasteiger partial charge in [-0.05, 0) is 64.0 Å². The highest BCUT2D eigenvalue weighted by atomic mass is 79.9. The van der Waals surface area contributed by atoms with E-state index in [9.17, 15) is 14.7 Å². The van der Waals surface area contributed by atoms with E-state index in [2.05, 4.69) is 21.4 Å². The molecule has 0 unspecified atom stereocenters. The number of halogens is 2. The highest BCUT2D eigenvalue weighted by molar-refractivity contribution is 9.10. The van der Waals surface area contributed by atoms with Gasteiger partial charge >= 0.3 is 0 Å². The molecule has 6 nitrogen and oxygen atoms in total. The van der Waals surface area contributed by atoms with Crippen molar-refractivity contribution in [3.8, 4) is 11.5 Å². The van der Waals surface area contributed by atoms with E-state index in [1.54, 1.807) is 30.3 Å². The molecule has 128 valence electrons. The number of carbonyl (C=O) groups is 2. The number of anilines is 1. The summed E-state index contributed by atoms with van der Waals surface area (Å²) in [6.07, 6.45) is 1.43. The first-order chi connectivity index (χ1) is 11.9. The van der Waals surface area contributed by atoms with Crippen molar-refractivity contribution in [1.29, 1.82) is 0 Å². The number of nitrogens with zero attached hydrogens (tertiary/aromatic N) is 1. The molecular formula is C17H12BrClN2O4. The maximum Gasteiger partial charge on any atom is 0.282 e. The summed E-state index contributed by atoms with van der Waals surface area (Å²) in [5.41, 5.74) is 3.49. The quantitative estimate of drug-likeness (QED) is 0.587. The predicted molar refractivity (Wildman–Crippen MR) is 97.4 cm³/mol. The topological polar surface area (TPSA) is 78.9 Å². The van der Waals surface area contributed by atoms with Gasteiger partial charge in [0.15, 0.2) is 11.5 Å². The molecule has 25 heavy (non-hydrogen) atoms. The Morgan fingerprint density at radius 3 is 2.56 bits per heavy atom. The first-order valence-electron chi connectivity index (χ1n) is 7.10. The van der Waals surface area contributed by atoms with Crippen LogP contribution in [-0.4, -0.2) is 24.0 Å². The van der Waals surface area contributed by atoms with Crippen molar-refractivity contribution in [2.24, 2.45) is 0 Å². The molecule has 0 spiro atoms. The third-order valence-electron chi connectivity index (χ3n) is 3.56. The zero-order chi connectivity index (χ0) is 18.1. The molecule has 1 aliphatic rings. The average molecular weight is 424 g/mol. The number of hydrogen-bond donors (Lipinski definition) is 2. The van der Waals surface area contributed by atoms with Crippen LogP contribution < -0.4 is 15.2 Å². The predicted octanol–water partition coefficient (Wildman–Crippen LogP) is 3.28. The second-order valence-corrected chi connectivity index (χ2v) is 6.46. The zero-order valence-corrected chi connectivity index (χ0v) is 15.3. The van der Waals surface area contributed by atoms with Crippen LogP contribution in [0.5, 0.6) is 11.5 Å². The van der Waals surface area contributed by atoms with Crippen molar-refractivity contribution >= 4 is 51.1 Å². The van der Waals surface area contributed by atoms with Crippen molar-refractivity contribution in [3.05, 3.63) is 57.0 Å². The van der Waals surface area contributed by atoms with Crippen LogP contribution >= 0.6 is 27.5 Å². The van der Waals surface area contributed by atoms with Crippen molar-refractivity contribution in [1.82, 2.24) is 5.43 Å². The summed E-state index contributed by atoms with van der Waals surface area (Å²) in [6.45, 7) is 0. The van der Waals surface area contributed by atoms with E-state index in [0.29, 0.717) is 20.7 Å². The first-order valence-corrected chi connectivity index (χ1v) is 8.27. The van der Waals surface area contributed by atoms with Gasteiger partial charge in [-0.25, -0.2) is 5.01 Å². The SMILES string of the molecule is COc1cc(/C=C2/C(=O)NN(c3ccc(Cl)cc3)C2=O)cc(Br)c1O. The maximum atomic E-state index is 12.6. The third kappa shape index (κ3) is 3.33. The summed E-state index contributed by atoms with van der Waals surface area (Å²) >= 11 is 9.04. The molecule has 2 N–H and O–H groups in total. The minimum atomic E-state index is -0.525. The van der Waals surface area contributed by atoms with E-state index >= 15 is 0 Å². The van der Waals surface area contributed by atoms with Gasteiger partial charge in [0.05, 0.1) is 17.3 Å². The van der Waals surface area contributed by atoms with Gasteiger partial charge in [0, 0.05) is 5.02 Å². The largest absolute Gasteiger partial charge is 0.503 e. The molecule has 0 bridgehead atoms. The Morgan fingerprint density at radius 1 is 1.24 bits per heavy atom. The van der Waals surface area contributed by atoms with Crippen molar-refractivity contribution in [3.63, 3.8) is 0 Å². The number of phenols is 1. The van der Waals surface area contributed by atoms with E-state index < -0.39 is 11.8 Å². The van der Waals surface area contributed by atoms with Crippen molar-refractivity contribution in [2.45, 2.75) is 0 Å². The van der Waals surface area contributed by atoms with Crippen LogP contribution in [0.1, 0.15) is 5.56 Å². The minimum Gasteiger partial charge on any atom is -0.503 e. The van der Waals surface area contributed by atoms with E-state index in [1.807, 2.05) is 0 Å². The molecule has 0 atom stereocenters. The lowest BCUT2D eigenvalue weighted by atomic mass is 10.1. The summed E-state index contributed by atoms with van der Waals surface area (Å²) in [5.74, 6) is -0.852. The van der Waals surface area contributed by atoms with Crippen LogP contribution in [0.15, 0.2) is 46.4 Å². The Kier molecular flexibility index (Phi) is 4.69. The van der Waals surface area contributed by atoms with Crippen molar-refractivity contribution < 1.29 is 19.4 Å². The molecule has 8 heteroatoms. The molecule has 0 saturated carbocycles. The molecule has 0 radical (unpaired) electrons. The number of ether oxygens (including phenoxy) is 1. The van der Waals surface area contributed by atoms with Crippen LogP contribution in [0.3, 0.4) is 0 Å². The van der Waals surface area contributed by atoms with Gasteiger partial charge in [-0.3, -0.25) is 15.0 Å². The molecular weight excluding hydrogens is 412 g/mol. The normalized spacial score (nSPS) is 15.6. The molecule has 1 aliphatic heterocycles. The second-order valence-electron chi connectivity index (χ2n) is 5.17. The van der Waals surface area contributed by atoms with E-state index in [1.165, 1.54) is 19.3 Å². The van der Waals surface area contributed by atoms with E-state index in [-0.39, 0.29) is 17.1 Å². The van der Waals surface area contributed by atoms with Crippen LogP contribution in [-0.2, 0) is 9.59 Å². The summed E-state index contributed by atoms with van der Waals surface area (Å²) in [4.78, 5) is 24.7. The molecule has 3 rings (SSSR count). The lowest BCUT2D eigenvalue weighted by molar-refractivity contribution is -0.117. The van der Waals surface area contributed by atoms with Gasteiger partial charge in [0.25, 0.3) is 11.8 Å². The summed E-state index contributed by atoms with van der Waals surface area (Å²) in [5, 5.41) is 11.5. The number of hydrogen-bond acceptors (Lipinski definition) is 4. The number of carbonyl (C=O) groups excluding carboxylic acids is 2. The fourth-order valence-electron chi connectivity index (χ4n) is 2.33. The van der Waals surface area contributed by atoms with Gasteiger partial charge in [-0.15, -0.1) is 0 Å². The van der Waals surface area contributed by atoms with Gasteiger partial charge in [-0.1, -0.05) is 11.6 Å². The highest BCUT2D eigenvalue weighted by Gasteiger charge is 2.34. The zero-order valence-electron chi connectivity index (χ0n) is 12.9. The van der Waals surface area contributed by atoms with Gasteiger partial charge in [0.1, 0.15) is 5.57 Å². The monoisotopic (exact) mass is 422 g/mol. The molecule has 0 aromatic heterocycles. The van der Waals surface area contributed by atoms with Crippen LogP contribution in [0, 0.1) is 0 Å². The number of hydrazine groups is 1. The Hall–Kier alpha value is -2.51. The molecule has 2 aromatic rings. The molecule has 1 fully saturated rings. The van der Waals surface area contributed by atoms with Crippen LogP contribution in [0.2, 0.25) is 5.02 Å². The number of amides is 2. The fraction of sp³-hybridized carbons (Fsp3) is 0.0588. The fourth-order valence-corrected chi connectivity index (χ4v) is 2.91. The Bertz CT molecular complexity index is 896. The smallest absolute Gasteiger partial charge is 0.282 e. The van der Waals surface area contributed by atoms with Gasteiger partial charge in [-0.2, -0.15) is 0 Å². The molecule has 0 aliphatic carbocycles. The lowest BCUT2D eigenvalue weighted by Crippen LogP contribution is -2.35. The Balaban J connectivity index is 1.96. The van der Waals surface area contributed by atoms with Crippen molar-refractivity contribution in [2.75, 3.05) is 12.1 Å². The number of nitrogens with one attached hydrogen (secondary N) is 1. The Labute approximate surface area is 156 Å². The van der Waals surface area contributed by atoms with Crippen LogP contribution in [0.25, 0.3) is 6.08 Å². The third-order valence-corrected chi connectivity index (χ3v) is 4.41. The first kappa shape index (κ1) is 17.3. The average Bonchev–Trinajstić information content (AvgIpc) is 2.86. The minimum absolute atomic E-state index is 0.0328. The second kappa shape index (κ2) is 6.78. The standard InChI is InChI=1S/C17H12BrClN2O4/c1-25-14-8-9(7-13(18)15(14)22)6-12-16(23)20-21(17(12)24)11-4-2-10(19)3-5-11/h2-8,22H,1H3,(H,20,23)/b12-6-. The molecule has 1 saturated heterocycles. The number of methoxy groups -OCH3 is 1. The summed E-state index contributed by atoms with van der Waals surface area (Å²) in [6, 6.07) is 9.61. The Morgan fingerprint density at radius 2 is 1.92 bits per heavy atom. The van der Waals surface area contributed by atoms with Crippen LogP contribution in [0.4, 0.5) is 5.69 Å².